The summed E-state index contributed by atoms with van der Waals surface area (Å²) >= 11 is 6.78. The Labute approximate surface area is 128 Å². The minimum absolute atomic E-state index is 0.121. The van der Waals surface area contributed by atoms with E-state index in [1.165, 1.54) is 0 Å². The number of halogens is 2. The molecular formula is C15H10Br2O2. The van der Waals surface area contributed by atoms with Crippen LogP contribution in [0.2, 0.25) is 0 Å². The summed E-state index contributed by atoms with van der Waals surface area (Å²) in [6, 6.07) is 13.4. The second-order valence-corrected chi connectivity index (χ2v) is 6.26. The van der Waals surface area contributed by atoms with Gasteiger partial charge in [-0.05, 0) is 35.9 Å². The van der Waals surface area contributed by atoms with Crippen LogP contribution >= 0.6 is 31.9 Å². The third kappa shape index (κ3) is 2.60. The van der Waals surface area contributed by atoms with Crippen LogP contribution in [0.1, 0.15) is 28.4 Å². The maximum absolute atomic E-state index is 12.2. The Balaban J connectivity index is 1.95. The first-order valence-electron chi connectivity index (χ1n) is 5.88. The zero-order chi connectivity index (χ0) is 13.4. The molecule has 2 aromatic carbocycles. The van der Waals surface area contributed by atoms with Gasteiger partial charge in [0, 0.05) is 8.95 Å². The van der Waals surface area contributed by atoms with Gasteiger partial charge in [0.25, 0.3) is 0 Å². The summed E-state index contributed by atoms with van der Waals surface area (Å²) in [5.41, 5.74) is 1.67. The van der Waals surface area contributed by atoms with Crippen LogP contribution in [-0.4, -0.2) is 5.78 Å². The van der Waals surface area contributed by atoms with Gasteiger partial charge >= 0.3 is 0 Å². The van der Waals surface area contributed by atoms with Gasteiger partial charge in [0.1, 0.15) is 11.9 Å². The molecule has 0 aromatic heterocycles. The summed E-state index contributed by atoms with van der Waals surface area (Å²) < 4.78 is 7.84. The highest BCUT2D eigenvalue weighted by Gasteiger charge is 2.27. The lowest BCUT2D eigenvalue weighted by molar-refractivity contribution is 0.0850. The zero-order valence-electron chi connectivity index (χ0n) is 9.90. The highest BCUT2D eigenvalue weighted by Crippen LogP contribution is 2.36. The molecule has 2 aromatic rings. The Bertz CT molecular complexity index is 635. The molecular weight excluding hydrogens is 372 g/mol. The number of carbonyl (C=O) groups is 1. The molecule has 1 aliphatic heterocycles. The molecule has 0 saturated heterocycles. The quantitative estimate of drug-likeness (QED) is 0.700. The number of rotatable bonds is 1. The molecule has 0 bridgehead atoms. The van der Waals surface area contributed by atoms with Gasteiger partial charge in [-0.2, -0.15) is 0 Å². The van der Waals surface area contributed by atoms with Gasteiger partial charge in [-0.25, -0.2) is 0 Å². The monoisotopic (exact) mass is 380 g/mol. The Morgan fingerprint density at radius 1 is 1.00 bits per heavy atom. The van der Waals surface area contributed by atoms with Crippen molar-refractivity contribution in [2.24, 2.45) is 0 Å². The van der Waals surface area contributed by atoms with Gasteiger partial charge in [-0.3, -0.25) is 4.79 Å². The fraction of sp³-hybridized carbons (Fsp3) is 0.133. The van der Waals surface area contributed by atoms with E-state index in [9.17, 15) is 4.79 Å². The molecule has 1 aliphatic rings. The lowest BCUT2D eigenvalue weighted by Gasteiger charge is -2.25. The molecule has 0 N–H and O–H groups in total. The largest absolute Gasteiger partial charge is 0.484 e. The van der Waals surface area contributed by atoms with Crippen molar-refractivity contribution in [3.63, 3.8) is 0 Å². The van der Waals surface area contributed by atoms with E-state index in [-0.39, 0.29) is 11.9 Å². The van der Waals surface area contributed by atoms with Crippen LogP contribution in [0, 0.1) is 0 Å². The highest BCUT2D eigenvalue weighted by molar-refractivity contribution is 9.10. The SMILES string of the molecule is O=C1C[C@H](c2ccc(Br)cc2)Oc2ccc(Br)cc21. The average molecular weight is 382 g/mol. The third-order valence-corrected chi connectivity index (χ3v) is 4.15. The molecule has 0 unspecified atom stereocenters. The van der Waals surface area contributed by atoms with Crippen molar-refractivity contribution < 1.29 is 9.53 Å². The van der Waals surface area contributed by atoms with E-state index < -0.39 is 0 Å². The molecule has 0 aliphatic carbocycles. The van der Waals surface area contributed by atoms with Gasteiger partial charge in [0.2, 0.25) is 0 Å². The number of hydrogen-bond donors (Lipinski definition) is 0. The first kappa shape index (κ1) is 12.9. The van der Waals surface area contributed by atoms with E-state index in [1.807, 2.05) is 42.5 Å². The molecule has 2 nitrogen and oxygen atoms in total. The number of fused-ring (bicyclic) bond motifs is 1. The topological polar surface area (TPSA) is 26.3 Å². The lowest BCUT2D eigenvalue weighted by atomic mass is 9.96. The van der Waals surface area contributed by atoms with Gasteiger partial charge in [-0.15, -0.1) is 0 Å². The molecule has 0 spiro atoms. The summed E-state index contributed by atoms with van der Waals surface area (Å²) in [5.74, 6) is 0.780. The summed E-state index contributed by atoms with van der Waals surface area (Å²) in [6.45, 7) is 0. The maximum atomic E-state index is 12.2. The predicted octanol–water partition coefficient (Wildman–Crippen LogP) is 4.92. The summed E-state index contributed by atoms with van der Waals surface area (Å²) in [5, 5.41) is 0. The van der Waals surface area contributed by atoms with Crippen LogP contribution in [0.15, 0.2) is 51.4 Å². The van der Waals surface area contributed by atoms with Crippen molar-refractivity contribution in [2.75, 3.05) is 0 Å². The molecule has 1 heterocycles. The van der Waals surface area contributed by atoms with Crippen LogP contribution in [0.3, 0.4) is 0 Å². The number of hydrogen-bond acceptors (Lipinski definition) is 2. The fourth-order valence-corrected chi connectivity index (χ4v) is 2.78. The molecule has 96 valence electrons. The molecule has 19 heavy (non-hydrogen) atoms. The van der Waals surface area contributed by atoms with Crippen molar-refractivity contribution in [1.29, 1.82) is 0 Å². The summed E-state index contributed by atoms with van der Waals surface area (Å²) in [4.78, 5) is 12.2. The molecule has 4 heteroatoms. The van der Waals surface area contributed by atoms with E-state index in [2.05, 4.69) is 31.9 Å². The summed E-state index contributed by atoms with van der Waals surface area (Å²) in [7, 11) is 0. The van der Waals surface area contributed by atoms with Crippen LogP contribution in [0.5, 0.6) is 5.75 Å². The van der Waals surface area contributed by atoms with Crippen LogP contribution in [0.4, 0.5) is 0 Å². The Morgan fingerprint density at radius 3 is 2.42 bits per heavy atom. The third-order valence-electron chi connectivity index (χ3n) is 3.12. The number of ketones is 1. The van der Waals surface area contributed by atoms with E-state index >= 15 is 0 Å². The first-order chi connectivity index (χ1) is 9.13. The molecule has 0 radical (unpaired) electrons. The van der Waals surface area contributed by atoms with Crippen LogP contribution in [0.25, 0.3) is 0 Å². The molecule has 0 amide bonds. The molecule has 1 atom stereocenters. The zero-order valence-corrected chi connectivity index (χ0v) is 13.1. The highest BCUT2D eigenvalue weighted by atomic mass is 79.9. The van der Waals surface area contributed by atoms with E-state index in [0.717, 1.165) is 14.5 Å². The Morgan fingerprint density at radius 2 is 1.68 bits per heavy atom. The van der Waals surface area contributed by atoms with Crippen LogP contribution in [-0.2, 0) is 0 Å². The maximum Gasteiger partial charge on any atom is 0.170 e. The predicted molar refractivity (Wildman–Crippen MR) is 80.6 cm³/mol. The van der Waals surface area contributed by atoms with Crippen molar-refractivity contribution in [1.82, 2.24) is 0 Å². The average Bonchev–Trinajstić information content (AvgIpc) is 2.40. The van der Waals surface area contributed by atoms with Crippen molar-refractivity contribution >= 4 is 37.6 Å². The molecule has 0 saturated carbocycles. The van der Waals surface area contributed by atoms with E-state index in [1.54, 1.807) is 0 Å². The second kappa shape index (κ2) is 5.10. The fourth-order valence-electron chi connectivity index (χ4n) is 2.16. The Kier molecular flexibility index (Phi) is 3.46. The summed E-state index contributed by atoms with van der Waals surface area (Å²) in [6.07, 6.45) is 0.180. The van der Waals surface area contributed by atoms with Crippen molar-refractivity contribution in [2.45, 2.75) is 12.5 Å². The van der Waals surface area contributed by atoms with Gasteiger partial charge in [0.05, 0.1) is 12.0 Å². The van der Waals surface area contributed by atoms with Crippen LogP contribution < -0.4 is 4.74 Å². The molecule has 0 fully saturated rings. The van der Waals surface area contributed by atoms with Gasteiger partial charge in [0.15, 0.2) is 5.78 Å². The van der Waals surface area contributed by atoms with E-state index in [0.29, 0.717) is 17.7 Å². The van der Waals surface area contributed by atoms with Crippen molar-refractivity contribution in [3.8, 4) is 5.75 Å². The normalized spacial score (nSPS) is 17.8. The number of benzene rings is 2. The van der Waals surface area contributed by atoms with Gasteiger partial charge < -0.3 is 4.74 Å². The minimum atomic E-state index is -0.200. The first-order valence-corrected chi connectivity index (χ1v) is 7.47. The smallest absolute Gasteiger partial charge is 0.170 e. The lowest BCUT2D eigenvalue weighted by Crippen LogP contribution is -2.20. The number of carbonyl (C=O) groups excluding carboxylic acids is 1. The number of ether oxygens (including phenoxy) is 1. The van der Waals surface area contributed by atoms with E-state index in [4.69, 9.17) is 4.74 Å². The standard InChI is InChI=1S/C15H10Br2O2/c16-10-3-1-9(2-4-10)15-8-13(18)12-7-11(17)5-6-14(12)19-15/h1-7,15H,8H2/t15-/m1/s1. The number of Topliss-reactive ketones (excluding diaryl/α,β-unsaturated/α-hetero) is 1. The molecule has 3 rings (SSSR count). The van der Waals surface area contributed by atoms with Gasteiger partial charge in [-0.1, -0.05) is 44.0 Å². The minimum Gasteiger partial charge on any atom is -0.484 e. The Hall–Kier alpha value is -1.13. The second-order valence-electron chi connectivity index (χ2n) is 4.43. The van der Waals surface area contributed by atoms with Crippen molar-refractivity contribution in [3.05, 3.63) is 62.5 Å².